The molecule has 108 valence electrons. The molecule has 2 amide bonds. The molecule has 3 aliphatic heterocycles. The SMILES string of the molecule is C[C@@]12C=C[C@@H](O1)[C@H]1C(=O)N(c3ccc(Cl)cc3Cl)C(=O)[C@@H]12. The quantitative estimate of drug-likeness (QED) is 0.589. The zero-order valence-electron chi connectivity index (χ0n) is 11.0. The highest BCUT2D eigenvalue weighted by atomic mass is 35.5. The van der Waals surface area contributed by atoms with Gasteiger partial charge in [0.15, 0.2) is 0 Å². The van der Waals surface area contributed by atoms with E-state index in [4.69, 9.17) is 27.9 Å². The van der Waals surface area contributed by atoms with Gasteiger partial charge in [-0.1, -0.05) is 35.4 Å². The molecule has 0 aromatic heterocycles. The summed E-state index contributed by atoms with van der Waals surface area (Å²) < 4.78 is 5.77. The Balaban J connectivity index is 1.80. The van der Waals surface area contributed by atoms with Crippen LogP contribution in [0.2, 0.25) is 10.0 Å². The lowest BCUT2D eigenvalue weighted by atomic mass is 9.78. The van der Waals surface area contributed by atoms with Gasteiger partial charge in [0.2, 0.25) is 11.8 Å². The summed E-state index contributed by atoms with van der Waals surface area (Å²) in [4.78, 5) is 26.6. The average Bonchev–Trinajstić information content (AvgIpc) is 3.01. The molecule has 0 N–H and O–H groups in total. The van der Waals surface area contributed by atoms with E-state index in [-0.39, 0.29) is 22.9 Å². The summed E-state index contributed by atoms with van der Waals surface area (Å²) in [6.45, 7) is 1.84. The molecule has 4 rings (SSSR count). The van der Waals surface area contributed by atoms with Gasteiger partial charge in [-0.3, -0.25) is 9.59 Å². The molecule has 0 unspecified atom stereocenters. The summed E-state index contributed by atoms with van der Waals surface area (Å²) in [5.74, 6) is -1.46. The Kier molecular flexibility index (Phi) is 2.60. The maximum absolute atomic E-state index is 12.7. The van der Waals surface area contributed by atoms with Crippen LogP contribution in [0, 0.1) is 11.8 Å². The summed E-state index contributed by atoms with van der Waals surface area (Å²) in [6, 6.07) is 4.74. The monoisotopic (exact) mass is 323 g/mol. The highest BCUT2D eigenvalue weighted by molar-refractivity contribution is 6.38. The molecule has 0 aliphatic carbocycles. The number of benzene rings is 1. The minimum absolute atomic E-state index is 0.257. The van der Waals surface area contributed by atoms with Crippen LogP contribution in [-0.2, 0) is 14.3 Å². The molecule has 21 heavy (non-hydrogen) atoms. The van der Waals surface area contributed by atoms with Crippen LogP contribution in [0.4, 0.5) is 5.69 Å². The summed E-state index contributed by atoms with van der Waals surface area (Å²) in [5.41, 5.74) is -0.316. The minimum atomic E-state index is -0.699. The van der Waals surface area contributed by atoms with Gasteiger partial charge in [0.1, 0.15) is 0 Å². The Labute approximate surface area is 131 Å². The summed E-state index contributed by atoms with van der Waals surface area (Å²) >= 11 is 12.0. The smallest absolute Gasteiger partial charge is 0.241 e. The Morgan fingerprint density at radius 2 is 2.00 bits per heavy atom. The molecule has 4 nitrogen and oxygen atoms in total. The summed E-state index contributed by atoms with van der Waals surface area (Å²) in [7, 11) is 0. The van der Waals surface area contributed by atoms with Crippen molar-refractivity contribution >= 4 is 40.7 Å². The number of carbonyl (C=O) groups excluding carboxylic acids is 2. The number of carbonyl (C=O) groups is 2. The molecule has 2 fully saturated rings. The van der Waals surface area contributed by atoms with E-state index in [2.05, 4.69) is 0 Å². The predicted molar refractivity (Wildman–Crippen MR) is 78.4 cm³/mol. The van der Waals surface area contributed by atoms with Crippen LogP contribution < -0.4 is 4.90 Å². The van der Waals surface area contributed by atoms with E-state index in [0.29, 0.717) is 10.7 Å². The van der Waals surface area contributed by atoms with Gasteiger partial charge in [-0.2, -0.15) is 0 Å². The summed E-state index contributed by atoms with van der Waals surface area (Å²) in [6.07, 6.45) is 3.41. The molecule has 2 saturated heterocycles. The molecule has 0 radical (unpaired) electrons. The number of hydrogen-bond donors (Lipinski definition) is 0. The van der Waals surface area contributed by atoms with Gasteiger partial charge >= 0.3 is 0 Å². The van der Waals surface area contributed by atoms with Crippen molar-refractivity contribution in [3.63, 3.8) is 0 Å². The van der Waals surface area contributed by atoms with Crippen molar-refractivity contribution in [2.24, 2.45) is 11.8 Å². The van der Waals surface area contributed by atoms with Crippen LogP contribution in [0.1, 0.15) is 6.92 Å². The number of amides is 2. The zero-order chi connectivity index (χ0) is 14.9. The van der Waals surface area contributed by atoms with Crippen molar-refractivity contribution in [1.82, 2.24) is 0 Å². The molecular formula is C15H11Cl2NO3. The highest BCUT2D eigenvalue weighted by Crippen LogP contribution is 2.52. The van der Waals surface area contributed by atoms with E-state index >= 15 is 0 Å². The Bertz CT molecular complexity index is 717. The van der Waals surface area contributed by atoms with E-state index in [0.717, 1.165) is 0 Å². The van der Waals surface area contributed by atoms with E-state index in [1.165, 1.54) is 11.0 Å². The second-order valence-electron chi connectivity index (χ2n) is 5.74. The van der Waals surface area contributed by atoms with E-state index in [9.17, 15) is 9.59 Å². The molecule has 4 atom stereocenters. The third kappa shape index (κ3) is 1.61. The number of halogens is 2. The third-order valence-corrected chi connectivity index (χ3v) is 5.02. The molecule has 1 aromatic carbocycles. The van der Waals surface area contributed by atoms with E-state index in [1.54, 1.807) is 12.1 Å². The number of hydrogen-bond acceptors (Lipinski definition) is 3. The predicted octanol–water partition coefficient (Wildman–Crippen LogP) is 2.83. The zero-order valence-corrected chi connectivity index (χ0v) is 12.6. The van der Waals surface area contributed by atoms with Gasteiger partial charge in [0.05, 0.1) is 34.3 Å². The van der Waals surface area contributed by atoms with E-state index in [1.807, 2.05) is 19.1 Å². The van der Waals surface area contributed by atoms with Crippen molar-refractivity contribution in [2.45, 2.75) is 18.6 Å². The molecule has 1 aromatic rings. The van der Waals surface area contributed by atoms with Crippen molar-refractivity contribution in [2.75, 3.05) is 4.90 Å². The Morgan fingerprint density at radius 3 is 2.67 bits per heavy atom. The fourth-order valence-corrected chi connectivity index (χ4v) is 4.05. The van der Waals surface area contributed by atoms with Crippen molar-refractivity contribution in [1.29, 1.82) is 0 Å². The molecule has 3 heterocycles. The third-order valence-electron chi connectivity index (χ3n) is 4.48. The topological polar surface area (TPSA) is 46.6 Å². The van der Waals surface area contributed by atoms with Crippen LogP contribution in [0.15, 0.2) is 30.4 Å². The number of ether oxygens (including phenoxy) is 1. The molecule has 3 aliphatic rings. The standard InChI is InChI=1S/C15H11Cl2NO3/c1-15-5-4-10(21-15)11-12(15)14(20)18(13(11)19)9-3-2-7(16)6-8(9)17/h2-6,10-12H,1H3/t10-,11-,12-,15+/m1/s1. The van der Waals surface area contributed by atoms with Gasteiger partial charge in [0, 0.05) is 5.02 Å². The van der Waals surface area contributed by atoms with Crippen LogP contribution in [-0.4, -0.2) is 23.5 Å². The van der Waals surface area contributed by atoms with Gasteiger partial charge in [-0.25, -0.2) is 4.90 Å². The maximum Gasteiger partial charge on any atom is 0.241 e. The van der Waals surface area contributed by atoms with Crippen LogP contribution >= 0.6 is 23.2 Å². The average molecular weight is 324 g/mol. The maximum atomic E-state index is 12.7. The first-order valence-corrected chi connectivity index (χ1v) is 7.38. The van der Waals surface area contributed by atoms with Crippen molar-refractivity contribution in [3.8, 4) is 0 Å². The first-order chi connectivity index (χ1) is 9.92. The Morgan fingerprint density at radius 1 is 1.24 bits per heavy atom. The number of fused-ring (bicyclic) bond motifs is 5. The van der Waals surface area contributed by atoms with Crippen molar-refractivity contribution in [3.05, 3.63) is 40.4 Å². The van der Waals surface area contributed by atoms with Crippen LogP contribution in [0.25, 0.3) is 0 Å². The van der Waals surface area contributed by atoms with Gasteiger partial charge < -0.3 is 4.74 Å². The number of nitrogens with zero attached hydrogens (tertiary/aromatic N) is 1. The van der Waals surface area contributed by atoms with Crippen molar-refractivity contribution < 1.29 is 14.3 Å². The number of anilines is 1. The summed E-state index contributed by atoms with van der Waals surface area (Å²) in [5, 5.41) is 0.746. The fraction of sp³-hybridized carbons (Fsp3) is 0.333. The first kappa shape index (κ1) is 13.3. The fourth-order valence-electron chi connectivity index (χ4n) is 3.55. The molecule has 0 saturated carbocycles. The second kappa shape index (κ2) is 4.09. The number of imide groups is 1. The second-order valence-corrected chi connectivity index (χ2v) is 6.58. The molecule has 2 bridgehead atoms. The molecule has 0 spiro atoms. The van der Waals surface area contributed by atoms with Crippen LogP contribution in [0.5, 0.6) is 0 Å². The highest BCUT2D eigenvalue weighted by Gasteiger charge is 2.66. The lowest BCUT2D eigenvalue weighted by molar-refractivity contribution is -0.126. The van der Waals surface area contributed by atoms with E-state index < -0.39 is 17.4 Å². The Hall–Kier alpha value is -1.36. The minimum Gasteiger partial charge on any atom is -0.362 e. The first-order valence-electron chi connectivity index (χ1n) is 6.62. The largest absolute Gasteiger partial charge is 0.362 e. The molecular weight excluding hydrogens is 313 g/mol. The molecule has 6 heteroatoms. The van der Waals surface area contributed by atoms with Crippen LogP contribution in [0.3, 0.4) is 0 Å². The lowest BCUT2D eigenvalue weighted by Crippen LogP contribution is -2.38. The van der Waals surface area contributed by atoms with Gasteiger partial charge in [0.25, 0.3) is 0 Å². The van der Waals surface area contributed by atoms with Gasteiger partial charge in [-0.15, -0.1) is 0 Å². The van der Waals surface area contributed by atoms with Gasteiger partial charge in [-0.05, 0) is 25.1 Å². The normalized spacial score (nSPS) is 36.7. The lowest BCUT2D eigenvalue weighted by Gasteiger charge is -2.24. The number of rotatable bonds is 1.